The Bertz CT molecular complexity index is 1310. The number of anilines is 1. The number of fused-ring (bicyclic) bond motifs is 4. The van der Waals surface area contributed by atoms with E-state index in [0.717, 1.165) is 35.2 Å². The van der Waals surface area contributed by atoms with E-state index in [4.69, 9.17) is 9.73 Å². The van der Waals surface area contributed by atoms with Crippen LogP contribution in [0, 0.1) is 0 Å². The molecular formula is C38H53N3O. The molecule has 0 saturated carbocycles. The van der Waals surface area contributed by atoms with Crippen molar-refractivity contribution in [2.75, 3.05) is 11.4 Å². The van der Waals surface area contributed by atoms with Gasteiger partial charge in [0.1, 0.15) is 11.4 Å². The Kier molecular flexibility index (Phi) is 10.6. The molecule has 0 fully saturated rings. The summed E-state index contributed by atoms with van der Waals surface area (Å²) in [4.78, 5) is 11.9. The first-order chi connectivity index (χ1) is 20.6. The first kappa shape index (κ1) is 30.6. The predicted molar refractivity (Wildman–Crippen MR) is 180 cm³/mol. The van der Waals surface area contributed by atoms with E-state index in [1.807, 2.05) is 18.5 Å². The highest BCUT2D eigenvalue weighted by Crippen LogP contribution is 2.54. The summed E-state index contributed by atoms with van der Waals surface area (Å²) in [5, 5.41) is 2.18. The van der Waals surface area contributed by atoms with E-state index in [-0.39, 0.29) is 5.41 Å². The van der Waals surface area contributed by atoms with Gasteiger partial charge in [0.05, 0.1) is 11.6 Å². The quantitative estimate of drug-likeness (QED) is 0.152. The normalized spacial score (nSPS) is 18.4. The van der Waals surface area contributed by atoms with Gasteiger partial charge in [-0.3, -0.25) is 9.98 Å². The Morgan fingerprint density at radius 1 is 0.714 bits per heavy atom. The highest BCUT2D eigenvalue weighted by Gasteiger charge is 2.59. The Balaban J connectivity index is 1.10. The molecule has 0 bridgehead atoms. The molecule has 1 atom stereocenters. The second kappa shape index (κ2) is 14.5. The van der Waals surface area contributed by atoms with Crippen molar-refractivity contribution in [1.29, 1.82) is 0 Å². The predicted octanol–water partition coefficient (Wildman–Crippen LogP) is 11.1. The van der Waals surface area contributed by atoms with Crippen molar-refractivity contribution in [2.24, 2.45) is 4.99 Å². The van der Waals surface area contributed by atoms with Crippen molar-refractivity contribution in [3.8, 4) is 5.75 Å². The van der Waals surface area contributed by atoms with Crippen molar-refractivity contribution in [3.05, 3.63) is 60.4 Å². The largest absolute Gasteiger partial charge is 0.459 e. The Hall–Kier alpha value is -2.88. The van der Waals surface area contributed by atoms with Crippen LogP contribution in [0.2, 0.25) is 0 Å². The maximum atomic E-state index is 7.03. The number of benzene rings is 2. The molecule has 226 valence electrons. The lowest BCUT2D eigenvalue weighted by molar-refractivity contribution is 0.0774. The van der Waals surface area contributed by atoms with E-state index >= 15 is 0 Å². The minimum Gasteiger partial charge on any atom is -0.459 e. The summed E-state index contributed by atoms with van der Waals surface area (Å²) in [6, 6.07) is 15.1. The minimum absolute atomic E-state index is 0.246. The van der Waals surface area contributed by atoms with Crippen molar-refractivity contribution >= 4 is 28.4 Å². The highest BCUT2D eigenvalue weighted by molar-refractivity contribution is 5.99. The molecule has 42 heavy (non-hydrogen) atoms. The number of para-hydroxylation sites is 1. The number of rotatable bonds is 17. The molecule has 4 nitrogen and oxygen atoms in total. The van der Waals surface area contributed by atoms with E-state index < -0.39 is 5.72 Å². The van der Waals surface area contributed by atoms with E-state index in [1.165, 1.54) is 108 Å². The maximum absolute atomic E-state index is 7.03. The van der Waals surface area contributed by atoms with Crippen LogP contribution in [0.4, 0.5) is 11.4 Å². The third-order valence-electron chi connectivity index (χ3n) is 9.79. The molecule has 0 N–H and O–H groups in total. The first-order valence-corrected chi connectivity index (χ1v) is 17.1. The van der Waals surface area contributed by atoms with Crippen molar-refractivity contribution in [1.82, 2.24) is 4.98 Å². The van der Waals surface area contributed by atoms with Crippen molar-refractivity contribution < 1.29 is 4.74 Å². The van der Waals surface area contributed by atoms with Crippen LogP contribution in [0.5, 0.6) is 5.75 Å². The number of pyridine rings is 1. The molecule has 3 aromatic rings. The average Bonchev–Trinajstić information content (AvgIpc) is 3.19. The third kappa shape index (κ3) is 6.53. The molecule has 2 aliphatic heterocycles. The summed E-state index contributed by atoms with van der Waals surface area (Å²) in [5.41, 5.74) is 2.61. The van der Waals surface area contributed by atoms with Crippen LogP contribution in [-0.4, -0.2) is 23.5 Å². The molecule has 0 amide bonds. The molecule has 1 spiro atoms. The Morgan fingerprint density at radius 2 is 1.33 bits per heavy atom. The molecule has 2 aliphatic rings. The van der Waals surface area contributed by atoms with E-state index in [1.54, 1.807) is 0 Å². The van der Waals surface area contributed by atoms with Gasteiger partial charge in [-0.2, -0.15) is 0 Å². The van der Waals surface area contributed by atoms with Gasteiger partial charge in [-0.05, 0) is 49.4 Å². The molecule has 0 radical (unpaired) electrons. The first-order valence-electron chi connectivity index (χ1n) is 17.1. The van der Waals surface area contributed by atoms with Gasteiger partial charge in [-0.1, -0.05) is 128 Å². The van der Waals surface area contributed by atoms with E-state index in [0.29, 0.717) is 0 Å². The van der Waals surface area contributed by atoms with Gasteiger partial charge in [0.15, 0.2) is 0 Å². The lowest BCUT2D eigenvalue weighted by atomic mass is 9.77. The highest BCUT2D eigenvalue weighted by atomic mass is 16.5. The van der Waals surface area contributed by atoms with Crippen molar-refractivity contribution in [3.63, 3.8) is 0 Å². The molecule has 5 rings (SSSR count). The number of aliphatic imine (C=N–C) groups is 1. The lowest BCUT2D eigenvalue weighted by Gasteiger charge is -2.46. The van der Waals surface area contributed by atoms with Gasteiger partial charge in [0.2, 0.25) is 5.72 Å². The Morgan fingerprint density at radius 3 is 2.00 bits per heavy atom. The van der Waals surface area contributed by atoms with Crippen LogP contribution in [0.15, 0.2) is 59.9 Å². The summed E-state index contributed by atoms with van der Waals surface area (Å²) in [6.45, 7) is 7.87. The monoisotopic (exact) mass is 567 g/mol. The van der Waals surface area contributed by atoms with Crippen LogP contribution < -0.4 is 9.64 Å². The number of hydrogen-bond acceptors (Lipinski definition) is 4. The summed E-state index contributed by atoms with van der Waals surface area (Å²) in [6.07, 6.45) is 28.0. The van der Waals surface area contributed by atoms with Gasteiger partial charge in [0, 0.05) is 30.0 Å². The zero-order valence-electron chi connectivity index (χ0n) is 26.5. The van der Waals surface area contributed by atoms with Gasteiger partial charge in [-0.15, -0.1) is 0 Å². The van der Waals surface area contributed by atoms with Crippen LogP contribution in [-0.2, 0) is 5.41 Å². The molecule has 1 aromatic heterocycles. The number of hydrogen-bond donors (Lipinski definition) is 0. The smallest absolute Gasteiger partial charge is 0.228 e. The van der Waals surface area contributed by atoms with Crippen LogP contribution in [0.25, 0.3) is 10.8 Å². The minimum atomic E-state index is -0.644. The van der Waals surface area contributed by atoms with Gasteiger partial charge >= 0.3 is 0 Å². The number of nitrogens with zero attached hydrogens (tertiary/aromatic N) is 3. The van der Waals surface area contributed by atoms with Gasteiger partial charge in [0.25, 0.3) is 0 Å². The second-order valence-corrected chi connectivity index (χ2v) is 13.2. The lowest BCUT2D eigenvalue weighted by Crippen LogP contribution is -2.62. The molecular weight excluding hydrogens is 514 g/mol. The fraction of sp³-hybridized carbons (Fsp3) is 0.579. The second-order valence-electron chi connectivity index (χ2n) is 13.2. The molecule has 0 aliphatic carbocycles. The number of ether oxygens (including phenoxy) is 1. The fourth-order valence-corrected chi connectivity index (χ4v) is 7.15. The van der Waals surface area contributed by atoms with Crippen LogP contribution in [0.1, 0.15) is 129 Å². The standard InChI is InChI=1S/C38H53N3O/c1-4-5-6-7-8-9-10-11-12-13-14-15-16-17-18-21-28-41-34-23-20-19-22-33(34)37(2,3)38(41)30-40-36-32-29-39-27-26-31(32)24-25-35(36)42-38/h19-20,22-27,29-30H,4-18,21,28H2,1-3H3. The summed E-state index contributed by atoms with van der Waals surface area (Å²) < 4.78 is 7.03. The molecule has 1 unspecified atom stereocenters. The molecule has 3 heterocycles. The van der Waals surface area contributed by atoms with Crippen molar-refractivity contribution in [2.45, 2.75) is 135 Å². The van der Waals surface area contributed by atoms with Crippen LogP contribution in [0.3, 0.4) is 0 Å². The molecule has 0 saturated heterocycles. The molecule has 2 aromatic carbocycles. The maximum Gasteiger partial charge on any atom is 0.228 e. The van der Waals surface area contributed by atoms with E-state index in [2.05, 4.69) is 73.3 Å². The zero-order chi connectivity index (χ0) is 29.3. The Labute approximate surface area is 255 Å². The number of aromatic nitrogens is 1. The summed E-state index contributed by atoms with van der Waals surface area (Å²) in [5.74, 6) is 0.843. The zero-order valence-corrected chi connectivity index (χ0v) is 26.5. The summed E-state index contributed by atoms with van der Waals surface area (Å²) >= 11 is 0. The van der Waals surface area contributed by atoms with Crippen LogP contribution >= 0.6 is 0 Å². The number of unbranched alkanes of at least 4 members (excludes halogenated alkanes) is 15. The van der Waals surface area contributed by atoms with Gasteiger partial charge in [-0.25, -0.2) is 0 Å². The summed E-state index contributed by atoms with van der Waals surface area (Å²) in [7, 11) is 0. The average molecular weight is 568 g/mol. The SMILES string of the molecule is CCCCCCCCCCCCCCCCCCN1c2ccccc2C(C)(C)C12C=Nc1c(ccc3ccncc13)O2. The fourth-order valence-electron chi connectivity index (χ4n) is 7.15. The third-order valence-corrected chi connectivity index (χ3v) is 9.79. The topological polar surface area (TPSA) is 37.7 Å². The van der Waals surface area contributed by atoms with E-state index in [9.17, 15) is 0 Å². The molecule has 4 heteroatoms. The van der Waals surface area contributed by atoms with Gasteiger partial charge < -0.3 is 9.64 Å².